The van der Waals surface area contributed by atoms with Crippen LogP contribution in [0.1, 0.15) is 29.2 Å². The number of carbonyl (C=O) groups excluding carboxylic acids is 1. The summed E-state index contributed by atoms with van der Waals surface area (Å²) in [7, 11) is 1.28. The molecular weight excluding hydrogens is 413 g/mol. The van der Waals surface area contributed by atoms with Crippen LogP contribution < -0.4 is 4.74 Å². The molecule has 140 valence electrons. The third-order valence-electron chi connectivity index (χ3n) is 3.91. The molecular formula is C19H18BrF3O3. The summed E-state index contributed by atoms with van der Waals surface area (Å²) in [4.78, 5) is 11.5. The summed E-state index contributed by atoms with van der Waals surface area (Å²) in [5, 5.41) is 0. The molecule has 0 aliphatic heterocycles. The highest BCUT2D eigenvalue weighted by molar-refractivity contribution is 9.10. The van der Waals surface area contributed by atoms with Crippen LogP contribution in [0.15, 0.2) is 40.9 Å². The Kier molecular flexibility index (Phi) is 6.69. The van der Waals surface area contributed by atoms with Gasteiger partial charge in [-0.3, -0.25) is 4.79 Å². The largest absolute Gasteiger partial charge is 0.488 e. The summed E-state index contributed by atoms with van der Waals surface area (Å²) in [6.45, 7) is 1.68. The molecule has 26 heavy (non-hydrogen) atoms. The maximum Gasteiger partial charge on any atom is 0.419 e. The van der Waals surface area contributed by atoms with E-state index in [1.807, 2.05) is 0 Å². The van der Waals surface area contributed by atoms with E-state index in [0.29, 0.717) is 27.6 Å². The molecule has 0 radical (unpaired) electrons. The smallest absolute Gasteiger partial charge is 0.419 e. The molecule has 0 aromatic heterocycles. The van der Waals surface area contributed by atoms with Gasteiger partial charge in [-0.1, -0.05) is 41.1 Å². The summed E-state index contributed by atoms with van der Waals surface area (Å²) in [6, 6.07) is 9.24. The van der Waals surface area contributed by atoms with Crippen LogP contribution in [0.3, 0.4) is 0 Å². The van der Waals surface area contributed by atoms with Crippen molar-refractivity contribution in [2.75, 3.05) is 7.11 Å². The highest BCUT2D eigenvalue weighted by Crippen LogP contribution is 2.37. The van der Waals surface area contributed by atoms with Crippen molar-refractivity contribution in [1.29, 1.82) is 0 Å². The van der Waals surface area contributed by atoms with Crippen molar-refractivity contribution < 1.29 is 27.4 Å². The van der Waals surface area contributed by atoms with Crippen LogP contribution in [0.25, 0.3) is 0 Å². The zero-order chi connectivity index (χ0) is 19.3. The predicted octanol–water partition coefficient (Wildman–Crippen LogP) is 5.32. The van der Waals surface area contributed by atoms with Gasteiger partial charge < -0.3 is 9.47 Å². The lowest BCUT2D eigenvalue weighted by Crippen LogP contribution is -2.12. The fourth-order valence-electron chi connectivity index (χ4n) is 2.45. The summed E-state index contributed by atoms with van der Waals surface area (Å²) >= 11 is 3.36. The normalized spacial score (nSPS) is 11.3. The molecule has 0 bridgehead atoms. The molecule has 2 aromatic rings. The Hall–Kier alpha value is -2.02. The molecule has 2 aromatic carbocycles. The fraction of sp³-hybridized carbons (Fsp3) is 0.316. The number of aryl methyl sites for hydroxylation is 1. The highest BCUT2D eigenvalue weighted by atomic mass is 79.9. The molecule has 0 heterocycles. The van der Waals surface area contributed by atoms with Gasteiger partial charge >= 0.3 is 12.1 Å². The lowest BCUT2D eigenvalue weighted by Gasteiger charge is -2.17. The molecule has 0 spiro atoms. The summed E-state index contributed by atoms with van der Waals surface area (Å²) in [5.74, 6) is -0.679. The Morgan fingerprint density at radius 3 is 2.54 bits per heavy atom. The van der Waals surface area contributed by atoms with E-state index in [0.717, 1.165) is 6.07 Å². The first-order chi connectivity index (χ1) is 12.3. The first-order valence-electron chi connectivity index (χ1n) is 7.92. The molecule has 0 saturated heterocycles. The van der Waals surface area contributed by atoms with Crippen molar-refractivity contribution >= 4 is 21.9 Å². The van der Waals surface area contributed by atoms with Crippen molar-refractivity contribution in [3.63, 3.8) is 0 Å². The molecule has 7 heteroatoms. The number of carbonyl (C=O) groups is 1. The van der Waals surface area contributed by atoms with E-state index in [2.05, 4.69) is 20.7 Å². The Morgan fingerprint density at radius 2 is 1.92 bits per heavy atom. The molecule has 2 rings (SSSR count). The number of methoxy groups -OCH3 is 1. The Balaban J connectivity index is 2.31. The van der Waals surface area contributed by atoms with E-state index < -0.39 is 17.7 Å². The maximum atomic E-state index is 13.3. The van der Waals surface area contributed by atoms with Crippen LogP contribution in [-0.4, -0.2) is 13.1 Å². The topological polar surface area (TPSA) is 35.5 Å². The summed E-state index contributed by atoms with van der Waals surface area (Å²) in [6.07, 6.45) is -4.00. The van der Waals surface area contributed by atoms with Gasteiger partial charge in [-0.2, -0.15) is 13.2 Å². The van der Waals surface area contributed by atoms with Crippen LogP contribution in [0, 0.1) is 0 Å². The van der Waals surface area contributed by atoms with Crippen LogP contribution in [0.2, 0.25) is 0 Å². The molecule has 3 nitrogen and oxygen atoms in total. The summed E-state index contributed by atoms with van der Waals surface area (Å²) in [5.41, 5.74) is 1.01. The number of esters is 1. The van der Waals surface area contributed by atoms with Crippen molar-refractivity contribution in [3.05, 3.63) is 63.1 Å². The minimum absolute atomic E-state index is 0.00946. The predicted molar refractivity (Wildman–Crippen MR) is 95.0 cm³/mol. The minimum Gasteiger partial charge on any atom is -0.488 e. The Labute approximate surface area is 158 Å². The van der Waals surface area contributed by atoms with Gasteiger partial charge in [0.15, 0.2) is 0 Å². The zero-order valence-electron chi connectivity index (χ0n) is 14.3. The average molecular weight is 431 g/mol. The van der Waals surface area contributed by atoms with Gasteiger partial charge in [-0.25, -0.2) is 0 Å². The number of halogens is 4. The molecule has 0 N–H and O–H groups in total. The number of alkyl halides is 3. The Bertz CT molecular complexity index is 788. The van der Waals surface area contributed by atoms with Crippen LogP contribution in [0.5, 0.6) is 5.75 Å². The number of benzene rings is 2. The second-order valence-electron chi connectivity index (χ2n) is 5.60. The molecule has 0 saturated carbocycles. The molecule has 0 unspecified atom stereocenters. The van der Waals surface area contributed by atoms with Crippen molar-refractivity contribution in [2.24, 2.45) is 0 Å². The number of hydrogen-bond acceptors (Lipinski definition) is 3. The summed E-state index contributed by atoms with van der Waals surface area (Å²) < 4.78 is 50.7. The lowest BCUT2D eigenvalue weighted by molar-refractivity contribution is -0.140. The standard InChI is InChI=1S/C19H18BrF3O3/c1-3-12-7-8-17(15(9-12)19(21,22)23)26-11-14-13(10-18(24)25-2)5-4-6-16(14)20/h4-9H,3,10-11H2,1-2H3. The zero-order valence-corrected chi connectivity index (χ0v) is 15.9. The highest BCUT2D eigenvalue weighted by Gasteiger charge is 2.34. The minimum atomic E-state index is -4.51. The molecule has 0 fully saturated rings. The molecule has 0 aliphatic carbocycles. The van der Waals surface area contributed by atoms with Gasteiger partial charge in [0.2, 0.25) is 0 Å². The second-order valence-corrected chi connectivity index (χ2v) is 6.46. The van der Waals surface area contributed by atoms with E-state index >= 15 is 0 Å². The van der Waals surface area contributed by atoms with Crippen molar-refractivity contribution in [2.45, 2.75) is 32.5 Å². The fourth-order valence-corrected chi connectivity index (χ4v) is 2.97. The van der Waals surface area contributed by atoms with Crippen LogP contribution >= 0.6 is 15.9 Å². The first kappa shape index (κ1) is 20.3. The molecule has 0 atom stereocenters. The van der Waals surface area contributed by atoms with Gasteiger partial charge in [-0.15, -0.1) is 0 Å². The molecule has 0 aliphatic rings. The van der Waals surface area contributed by atoms with E-state index in [9.17, 15) is 18.0 Å². The van der Waals surface area contributed by atoms with Gasteiger partial charge in [0.05, 0.1) is 19.1 Å². The first-order valence-corrected chi connectivity index (χ1v) is 8.71. The Morgan fingerprint density at radius 1 is 1.19 bits per heavy atom. The molecule has 0 amide bonds. The van der Waals surface area contributed by atoms with E-state index in [1.54, 1.807) is 31.2 Å². The van der Waals surface area contributed by atoms with Gasteiger partial charge in [-0.05, 0) is 35.7 Å². The van der Waals surface area contributed by atoms with Crippen molar-refractivity contribution in [3.8, 4) is 5.75 Å². The second kappa shape index (κ2) is 8.58. The van der Waals surface area contributed by atoms with Gasteiger partial charge in [0, 0.05) is 10.0 Å². The van der Waals surface area contributed by atoms with Crippen molar-refractivity contribution in [1.82, 2.24) is 0 Å². The van der Waals surface area contributed by atoms with Crippen LogP contribution in [0.4, 0.5) is 13.2 Å². The van der Waals surface area contributed by atoms with E-state index in [4.69, 9.17) is 4.74 Å². The third kappa shape index (κ3) is 5.00. The van der Waals surface area contributed by atoms with E-state index in [-0.39, 0.29) is 18.8 Å². The SMILES string of the molecule is CCc1ccc(OCc2c(Br)cccc2CC(=O)OC)c(C(F)(F)F)c1. The van der Waals surface area contributed by atoms with E-state index in [1.165, 1.54) is 13.2 Å². The van der Waals surface area contributed by atoms with Gasteiger partial charge in [0.1, 0.15) is 12.4 Å². The van der Waals surface area contributed by atoms with Gasteiger partial charge in [0.25, 0.3) is 0 Å². The number of ether oxygens (including phenoxy) is 2. The number of rotatable bonds is 6. The third-order valence-corrected chi connectivity index (χ3v) is 4.65. The monoisotopic (exact) mass is 430 g/mol. The van der Waals surface area contributed by atoms with Crippen LogP contribution in [-0.2, 0) is 35.2 Å². The quantitative estimate of drug-likeness (QED) is 0.581. The maximum absolute atomic E-state index is 13.3. The average Bonchev–Trinajstić information content (AvgIpc) is 2.60. The lowest BCUT2D eigenvalue weighted by atomic mass is 10.0. The number of hydrogen-bond donors (Lipinski definition) is 0.